The molecule has 0 amide bonds. The minimum atomic E-state index is -0.0709. The van der Waals surface area contributed by atoms with Crippen molar-refractivity contribution in [3.05, 3.63) is 35.6 Å². The van der Waals surface area contributed by atoms with Crippen molar-refractivity contribution >= 4 is 0 Å². The van der Waals surface area contributed by atoms with E-state index < -0.39 is 0 Å². The zero-order chi connectivity index (χ0) is 12.1. The van der Waals surface area contributed by atoms with E-state index in [4.69, 9.17) is 0 Å². The van der Waals surface area contributed by atoms with Crippen molar-refractivity contribution in [3.8, 4) is 0 Å². The second-order valence-corrected chi connectivity index (χ2v) is 4.85. The lowest BCUT2D eigenvalue weighted by Gasteiger charge is -2.16. The van der Waals surface area contributed by atoms with Crippen molar-refractivity contribution in [1.82, 2.24) is 10.2 Å². The van der Waals surface area contributed by atoms with Crippen molar-refractivity contribution in [2.24, 2.45) is 5.92 Å². The largest absolute Gasteiger partial charge is 0.319 e. The van der Waals surface area contributed by atoms with E-state index in [0.29, 0.717) is 0 Å². The fourth-order valence-electron chi connectivity index (χ4n) is 2.55. The van der Waals surface area contributed by atoms with Crippen LogP contribution in [0.3, 0.4) is 0 Å². The monoisotopic (exact) mass is 236 g/mol. The van der Waals surface area contributed by atoms with Gasteiger partial charge in [0.15, 0.2) is 0 Å². The fraction of sp³-hybridized carbons (Fsp3) is 0.571. The number of likely N-dealkylation sites (tertiary alicyclic amines) is 1. The van der Waals surface area contributed by atoms with Crippen LogP contribution in [0.15, 0.2) is 24.3 Å². The zero-order valence-corrected chi connectivity index (χ0v) is 10.5. The van der Waals surface area contributed by atoms with Gasteiger partial charge in [-0.3, -0.25) is 0 Å². The van der Waals surface area contributed by atoms with Gasteiger partial charge in [-0.15, -0.1) is 0 Å². The summed E-state index contributed by atoms with van der Waals surface area (Å²) < 4.78 is 13.4. The molecule has 2 rings (SSSR count). The highest BCUT2D eigenvalue weighted by molar-refractivity contribution is 5.17. The van der Waals surface area contributed by atoms with Crippen molar-refractivity contribution in [3.63, 3.8) is 0 Å². The lowest BCUT2D eigenvalue weighted by atomic mass is 10.1. The quantitative estimate of drug-likeness (QED) is 0.840. The molecule has 0 bridgehead atoms. The van der Waals surface area contributed by atoms with Crippen LogP contribution in [0.25, 0.3) is 0 Å². The molecule has 0 aliphatic carbocycles. The van der Waals surface area contributed by atoms with Crippen molar-refractivity contribution in [2.45, 2.75) is 12.8 Å². The molecular weight excluding hydrogens is 215 g/mol. The fourth-order valence-corrected chi connectivity index (χ4v) is 2.55. The molecule has 1 aromatic carbocycles. The smallest absolute Gasteiger partial charge is 0.126 e. The normalized spacial score (nSPS) is 20.9. The molecule has 1 aliphatic rings. The van der Waals surface area contributed by atoms with Crippen LogP contribution >= 0.6 is 0 Å². The molecule has 1 fully saturated rings. The molecule has 17 heavy (non-hydrogen) atoms. The summed E-state index contributed by atoms with van der Waals surface area (Å²) >= 11 is 0. The van der Waals surface area contributed by atoms with Crippen molar-refractivity contribution in [1.29, 1.82) is 0 Å². The first-order valence-electron chi connectivity index (χ1n) is 6.40. The first-order chi connectivity index (χ1) is 8.29. The number of rotatable bonds is 5. The minimum Gasteiger partial charge on any atom is -0.319 e. The van der Waals surface area contributed by atoms with Crippen LogP contribution in [-0.4, -0.2) is 38.1 Å². The van der Waals surface area contributed by atoms with Crippen LogP contribution < -0.4 is 5.32 Å². The van der Waals surface area contributed by atoms with Gasteiger partial charge < -0.3 is 10.2 Å². The van der Waals surface area contributed by atoms with Gasteiger partial charge in [0, 0.05) is 13.1 Å². The molecule has 1 unspecified atom stereocenters. The van der Waals surface area contributed by atoms with Gasteiger partial charge in [-0.25, -0.2) is 4.39 Å². The number of hydrogen-bond donors (Lipinski definition) is 1. The molecule has 0 spiro atoms. The van der Waals surface area contributed by atoms with Crippen molar-refractivity contribution < 1.29 is 4.39 Å². The number of nitrogens with one attached hydrogen (secondary N) is 1. The van der Waals surface area contributed by atoms with Crippen LogP contribution in [0.4, 0.5) is 4.39 Å². The summed E-state index contributed by atoms with van der Waals surface area (Å²) in [5, 5.41) is 3.23. The van der Waals surface area contributed by atoms with E-state index in [-0.39, 0.29) is 5.82 Å². The second-order valence-electron chi connectivity index (χ2n) is 4.85. The molecule has 2 nitrogen and oxygen atoms in total. The van der Waals surface area contributed by atoms with Gasteiger partial charge in [0.05, 0.1) is 0 Å². The number of nitrogens with zero attached hydrogens (tertiary/aromatic N) is 1. The SMILES string of the molecule is CNCC1CCN(CCc2ccccc2F)C1. The Morgan fingerprint density at radius 2 is 2.24 bits per heavy atom. The first kappa shape index (κ1) is 12.5. The van der Waals surface area contributed by atoms with Gasteiger partial charge >= 0.3 is 0 Å². The van der Waals surface area contributed by atoms with Gasteiger partial charge in [-0.2, -0.15) is 0 Å². The summed E-state index contributed by atoms with van der Waals surface area (Å²) in [4.78, 5) is 2.44. The maximum absolute atomic E-state index is 13.4. The van der Waals surface area contributed by atoms with Crippen LogP contribution in [0, 0.1) is 11.7 Å². The highest BCUT2D eigenvalue weighted by Gasteiger charge is 2.21. The molecule has 1 atom stereocenters. The van der Waals surface area contributed by atoms with E-state index in [2.05, 4.69) is 10.2 Å². The standard InChI is InChI=1S/C14H21FN2/c1-16-10-12-6-8-17(11-12)9-7-13-4-2-3-5-14(13)15/h2-5,12,16H,6-11H2,1H3. The van der Waals surface area contributed by atoms with Crippen LogP contribution in [-0.2, 0) is 6.42 Å². The Hall–Kier alpha value is -0.930. The minimum absolute atomic E-state index is 0.0709. The molecular formula is C14H21FN2. The molecule has 94 valence electrons. The summed E-state index contributed by atoms with van der Waals surface area (Å²) in [6.07, 6.45) is 2.08. The molecule has 1 aromatic rings. The highest BCUT2D eigenvalue weighted by Crippen LogP contribution is 2.16. The molecule has 3 heteroatoms. The Labute approximate surface area is 103 Å². The Morgan fingerprint density at radius 3 is 3.00 bits per heavy atom. The van der Waals surface area contributed by atoms with E-state index in [9.17, 15) is 4.39 Å². The number of benzene rings is 1. The average Bonchev–Trinajstić information content (AvgIpc) is 2.76. The molecule has 0 radical (unpaired) electrons. The molecule has 1 heterocycles. The summed E-state index contributed by atoms with van der Waals surface area (Å²) in [5.41, 5.74) is 0.838. The Bertz CT molecular complexity index is 354. The summed E-state index contributed by atoms with van der Waals surface area (Å²) in [5.74, 6) is 0.694. The first-order valence-corrected chi connectivity index (χ1v) is 6.40. The predicted molar refractivity (Wildman–Crippen MR) is 68.6 cm³/mol. The van der Waals surface area contributed by atoms with Crippen LogP contribution in [0.5, 0.6) is 0 Å². The average molecular weight is 236 g/mol. The lowest BCUT2D eigenvalue weighted by molar-refractivity contribution is 0.325. The number of hydrogen-bond acceptors (Lipinski definition) is 2. The predicted octanol–water partition coefficient (Wildman–Crippen LogP) is 1.91. The maximum Gasteiger partial charge on any atom is 0.126 e. The second kappa shape index (κ2) is 6.12. The molecule has 1 aliphatic heterocycles. The van der Waals surface area contributed by atoms with Crippen LogP contribution in [0.2, 0.25) is 0 Å². The van der Waals surface area contributed by atoms with E-state index in [0.717, 1.165) is 44.1 Å². The third-order valence-corrected chi connectivity index (χ3v) is 3.52. The molecule has 1 N–H and O–H groups in total. The summed E-state index contributed by atoms with van der Waals surface area (Å²) in [6, 6.07) is 7.09. The van der Waals surface area contributed by atoms with Gasteiger partial charge in [0.25, 0.3) is 0 Å². The molecule has 1 saturated heterocycles. The summed E-state index contributed by atoms with van der Waals surface area (Å²) in [7, 11) is 2.00. The topological polar surface area (TPSA) is 15.3 Å². The van der Waals surface area contributed by atoms with Gasteiger partial charge in [0.1, 0.15) is 5.82 Å². The van der Waals surface area contributed by atoms with E-state index >= 15 is 0 Å². The summed E-state index contributed by atoms with van der Waals surface area (Å²) in [6.45, 7) is 4.37. The van der Waals surface area contributed by atoms with Crippen LogP contribution in [0.1, 0.15) is 12.0 Å². The Balaban J connectivity index is 1.78. The molecule has 0 aromatic heterocycles. The van der Waals surface area contributed by atoms with E-state index in [1.54, 1.807) is 12.1 Å². The Morgan fingerprint density at radius 1 is 1.41 bits per heavy atom. The van der Waals surface area contributed by atoms with E-state index in [1.807, 2.05) is 19.2 Å². The maximum atomic E-state index is 13.4. The van der Waals surface area contributed by atoms with Gasteiger partial charge in [-0.1, -0.05) is 18.2 Å². The van der Waals surface area contributed by atoms with Gasteiger partial charge in [-0.05, 0) is 50.5 Å². The van der Waals surface area contributed by atoms with Gasteiger partial charge in [0.2, 0.25) is 0 Å². The third kappa shape index (κ3) is 3.51. The third-order valence-electron chi connectivity index (χ3n) is 3.52. The number of halogens is 1. The zero-order valence-electron chi connectivity index (χ0n) is 10.5. The highest BCUT2D eigenvalue weighted by atomic mass is 19.1. The van der Waals surface area contributed by atoms with E-state index in [1.165, 1.54) is 6.42 Å². The van der Waals surface area contributed by atoms with Crippen molar-refractivity contribution in [2.75, 3.05) is 33.2 Å². The lowest BCUT2D eigenvalue weighted by Crippen LogP contribution is -2.26. The molecule has 0 saturated carbocycles. The Kier molecular flexibility index (Phi) is 4.51.